The molecule has 0 N–H and O–H groups in total. The van der Waals surface area contributed by atoms with E-state index in [2.05, 4.69) is 0 Å². The van der Waals surface area contributed by atoms with Crippen molar-refractivity contribution in [3.63, 3.8) is 0 Å². The highest BCUT2D eigenvalue weighted by atomic mass is 19.4. The topological polar surface area (TPSA) is 52.4 Å². The van der Waals surface area contributed by atoms with Gasteiger partial charge >= 0.3 is 12.3 Å². The predicted molar refractivity (Wildman–Crippen MR) is 119 cm³/mol. The van der Waals surface area contributed by atoms with E-state index in [4.69, 9.17) is 4.74 Å². The third-order valence-electron chi connectivity index (χ3n) is 4.97. The van der Waals surface area contributed by atoms with E-state index in [9.17, 15) is 23.2 Å². The summed E-state index contributed by atoms with van der Waals surface area (Å²) in [5, 5.41) is 12.4. The minimum Gasteiger partial charge on any atom is -0.617 e. The Labute approximate surface area is 187 Å². The lowest BCUT2D eigenvalue weighted by atomic mass is 9.77. The monoisotopic (exact) mass is 449 g/mol. The molecule has 32 heavy (non-hydrogen) atoms. The van der Waals surface area contributed by atoms with Gasteiger partial charge in [0, 0.05) is 23.6 Å². The molecule has 0 aliphatic rings. The molecule has 2 aromatic rings. The first-order valence-electron chi connectivity index (χ1n) is 10.3. The third kappa shape index (κ3) is 6.11. The van der Waals surface area contributed by atoms with Crippen LogP contribution < -0.4 is 4.74 Å². The van der Waals surface area contributed by atoms with Gasteiger partial charge in [-0.2, -0.15) is 0 Å². The summed E-state index contributed by atoms with van der Waals surface area (Å²) in [5.41, 5.74) is 0.273. The van der Waals surface area contributed by atoms with Crippen LogP contribution in [0.1, 0.15) is 70.7 Å². The molecule has 0 saturated heterocycles. The molecule has 4 nitrogen and oxygen atoms in total. The molecule has 0 saturated carbocycles. The Morgan fingerprint density at radius 1 is 0.938 bits per heavy atom. The zero-order valence-corrected chi connectivity index (χ0v) is 19.6. The lowest BCUT2D eigenvalue weighted by Gasteiger charge is -2.30. The Kier molecular flexibility index (Phi) is 7.12. The number of rotatable bonds is 4. The lowest BCUT2D eigenvalue weighted by molar-refractivity contribution is -0.668. The van der Waals surface area contributed by atoms with Crippen LogP contribution in [-0.4, -0.2) is 22.7 Å². The predicted octanol–water partition coefficient (Wildman–Crippen LogP) is 6.27. The Hall–Kier alpha value is -2.83. The minimum atomic E-state index is -5.09. The normalized spacial score (nSPS) is 13.6. The number of benzene rings is 2. The molecule has 7 heteroatoms. The van der Waals surface area contributed by atoms with Gasteiger partial charge in [0.2, 0.25) is 5.71 Å². The first-order valence-corrected chi connectivity index (χ1v) is 10.3. The smallest absolute Gasteiger partial charge is 0.617 e. The van der Waals surface area contributed by atoms with E-state index in [0.29, 0.717) is 22.4 Å². The van der Waals surface area contributed by atoms with Crippen molar-refractivity contribution in [3.05, 3.63) is 69.9 Å². The van der Waals surface area contributed by atoms with E-state index in [1.807, 2.05) is 41.5 Å². The SMILES string of the molecule is CC(=O)Oc1c(C(C)(C)C)cc(C(Cc2ccccc2)=[N+]([O-])C(F)(F)F)cc1C(C)(C)C. The van der Waals surface area contributed by atoms with Crippen LogP contribution >= 0.6 is 0 Å². The fraction of sp³-hybridized carbons (Fsp3) is 0.440. The summed E-state index contributed by atoms with van der Waals surface area (Å²) in [6, 6.07) is 11.6. The summed E-state index contributed by atoms with van der Waals surface area (Å²) in [5.74, 6) is -0.201. The molecule has 0 spiro atoms. The molecule has 0 fully saturated rings. The lowest BCUT2D eigenvalue weighted by Crippen LogP contribution is -2.32. The van der Waals surface area contributed by atoms with Gasteiger partial charge in [-0.25, -0.2) is 0 Å². The molecule has 2 aromatic carbocycles. The molecule has 0 aromatic heterocycles. The number of carbonyl (C=O) groups is 1. The second kappa shape index (κ2) is 8.96. The largest absolute Gasteiger partial charge is 0.643 e. The van der Waals surface area contributed by atoms with Gasteiger partial charge < -0.3 is 9.94 Å². The third-order valence-corrected chi connectivity index (χ3v) is 4.97. The number of hydroxylamine groups is 1. The van der Waals surface area contributed by atoms with Crippen molar-refractivity contribution in [2.75, 3.05) is 0 Å². The molecule has 0 amide bonds. The van der Waals surface area contributed by atoms with Gasteiger partial charge in [0.1, 0.15) is 5.75 Å². The fourth-order valence-electron chi connectivity index (χ4n) is 3.40. The standard InChI is InChI=1S/C25H30F3NO3/c1-16(30)32-22-19(23(2,3)4)14-18(15-20(22)24(5,6)7)21(29(31)25(26,27)28)13-17-11-9-8-10-12-17/h8-12,14-15H,13H2,1-7H3. The highest BCUT2D eigenvalue weighted by Crippen LogP contribution is 2.41. The average molecular weight is 450 g/mol. The van der Waals surface area contributed by atoms with Crippen LogP contribution in [0.15, 0.2) is 42.5 Å². The highest BCUT2D eigenvalue weighted by Gasteiger charge is 2.43. The maximum Gasteiger partial charge on any atom is 0.643 e. The molecule has 0 radical (unpaired) electrons. The van der Waals surface area contributed by atoms with Crippen LogP contribution in [0.4, 0.5) is 13.2 Å². The molecule has 0 unspecified atom stereocenters. The van der Waals surface area contributed by atoms with E-state index in [1.54, 1.807) is 30.3 Å². The van der Waals surface area contributed by atoms with E-state index in [1.165, 1.54) is 19.1 Å². The highest BCUT2D eigenvalue weighted by molar-refractivity contribution is 5.99. The van der Waals surface area contributed by atoms with Crippen molar-refractivity contribution >= 4 is 11.7 Å². The summed E-state index contributed by atoms with van der Waals surface area (Å²) >= 11 is 0. The molecule has 0 bridgehead atoms. The molecule has 0 atom stereocenters. The second-order valence-corrected chi connectivity index (χ2v) is 9.87. The van der Waals surface area contributed by atoms with E-state index < -0.39 is 33.6 Å². The number of hydrogen-bond acceptors (Lipinski definition) is 3. The number of carbonyl (C=O) groups excluding carboxylic acids is 1. The Morgan fingerprint density at radius 2 is 1.41 bits per heavy atom. The summed E-state index contributed by atoms with van der Waals surface area (Å²) in [7, 11) is 0. The van der Waals surface area contributed by atoms with Gasteiger partial charge in [-0.1, -0.05) is 71.9 Å². The Bertz CT molecular complexity index is 976. The van der Waals surface area contributed by atoms with Crippen LogP contribution in [0.3, 0.4) is 0 Å². The van der Waals surface area contributed by atoms with Crippen molar-refractivity contribution in [2.24, 2.45) is 0 Å². The summed E-state index contributed by atoms with van der Waals surface area (Å²) in [6.07, 6.45) is -5.30. The number of esters is 1. The minimum absolute atomic E-state index is 0.145. The van der Waals surface area contributed by atoms with Crippen molar-refractivity contribution in [1.29, 1.82) is 0 Å². The molecule has 0 aliphatic heterocycles. The van der Waals surface area contributed by atoms with Crippen LogP contribution in [0.2, 0.25) is 0 Å². The van der Waals surface area contributed by atoms with Gasteiger partial charge in [-0.05, 0) is 28.5 Å². The maximum absolute atomic E-state index is 13.5. The van der Waals surface area contributed by atoms with Crippen LogP contribution in [0, 0.1) is 5.21 Å². The molecular weight excluding hydrogens is 419 g/mol. The summed E-state index contributed by atoms with van der Waals surface area (Å²) < 4.78 is 45.3. The first kappa shape index (κ1) is 25.4. The molecule has 0 aliphatic carbocycles. The molecule has 2 rings (SSSR count). The quantitative estimate of drug-likeness (QED) is 0.105. The average Bonchev–Trinajstić information content (AvgIpc) is 2.63. The molecular formula is C25H30F3NO3. The fourth-order valence-corrected chi connectivity index (χ4v) is 3.40. The number of nitrogens with zero attached hydrogens (tertiary/aromatic N) is 1. The van der Waals surface area contributed by atoms with Crippen LogP contribution in [0.5, 0.6) is 5.75 Å². The molecule has 174 valence electrons. The van der Waals surface area contributed by atoms with E-state index >= 15 is 0 Å². The maximum atomic E-state index is 13.5. The van der Waals surface area contributed by atoms with Crippen molar-refractivity contribution < 1.29 is 27.4 Å². The molecule has 0 heterocycles. The second-order valence-electron chi connectivity index (χ2n) is 9.87. The van der Waals surface area contributed by atoms with E-state index in [-0.39, 0.29) is 12.0 Å². The van der Waals surface area contributed by atoms with Gasteiger partial charge in [0.15, 0.2) is 0 Å². The zero-order chi connectivity index (χ0) is 24.5. The van der Waals surface area contributed by atoms with Crippen LogP contribution in [-0.2, 0) is 22.0 Å². The summed E-state index contributed by atoms with van der Waals surface area (Å²) in [4.78, 5) is 11.8. The number of hydrogen-bond donors (Lipinski definition) is 0. The number of halogens is 3. The van der Waals surface area contributed by atoms with Gasteiger partial charge in [0.25, 0.3) is 0 Å². The van der Waals surface area contributed by atoms with Crippen LogP contribution in [0.25, 0.3) is 0 Å². The number of ether oxygens (including phenoxy) is 1. The number of alkyl halides is 3. The summed E-state index contributed by atoms with van der Waals surface area (Å²) in [6.45, 7) is 12.5. The van der Waals surface area contributed by atoms with Gasteiger partial charge in [-0.15, -0.1) is 17.9 Å². The Morgan fingerprint density at radius 3 is 1.78 bits per heavy atom. The van der Waals surface area contributed by atoms with Gasteiger partial charge in [0.05, 0.1) is 6.42 Å². The van der Waals surface area contributed by atoms with Crippen molar-refractivity contribution in [2.45, 2.75) is 72.0 Å². The van der Waals surface area contributed by atoms with E-state index in [0.717, 1.165) is 0 Å². The Balaban J connectivity index is 2.91. The van der Waals surface area contributed by atoms with Crippen molar-refractivity contribution in [3.8, 4) is 5.75 Å². The first-order chi connectivity index (χ1) is 14.5. The van der Waals surface area contributed by atoms with Crippen molar-refractivity contribution in [1.82, 2.24) is 0 Å². The zero-order valence-electron chi connectivity index (χ0n) is 19.6. The van der Waals surface area contributed by atoms with Gasteiger partial charge in [-0.3, -0.25) is 4.79 Å².